The molecule has 0 bridgehead atoms. The Hall–Kier alpha value is -3.22. The number of fused-ring (bicyclic) bond motifs is 1. The highest BCUT2D eigenvalue weighted by atomic mass is 16.5. The minimum atomic E-state index is -0.186. The summed E-state index contributed by atoms with van der Waals surface area (Å²) in [5.74, 6) is -0.147. The summed E-state index contributed by atoms with van der Waals surface area (Å²) in [6.45, 7) is 5.94. The van der Waals surface area contributed by atoms with E-state index in [0.717, 1.165) is 62.0 Å². The summed E-state index contributed by atoms with van der Waals surface area (Å²) in [6, 6.07) is 22.1. The fourth-order valence-corrected chi connectivity index (χ4v) is 5.17. The molecule has 0 aromatic heterocycles. The number of nitrogens with zero attached hydrogens (tertiary/aromatic N) is 2. The lowest BCUT2D eigenvalue weighted by molar-refractivity contribution is -0.126. The number of likely N-dealkylation sites (tertiary alicyclic amines) is 1. The van der Waals surface area contributed by atoms with Crippen LogP contribution in [0, 0.1) is 5.92 Å². The van der Waals surface area contributed by atoms with E-state index in [1.54, 1.807) is 0 Å². The predicted octanol–water partition coefficient (Wildman–Crippen LogP) is 3.84. The molecule has 3 aromatic rings. The number of carbonyl (C=O) groups is 2. The minimum absolute atomic E-state index is 0.00940. The van der Waals surface area contributed by atoms with Gasteiger partial charge in [-0.05, 0) is 40.8 Å². The van der Waals surface area contributed by atoms with Crippen molar-refractivity contribution in [1.29, 1.82) is 0 Å². The Kier molecular flexibility index (Phi) is 7.40. The summed E-state index contributed by atoms with van der Waals surface area (Å²) in [7, 11) is 0. The largest absolute Gasteiger partial charge is 0.379 e. The van der Waals surface area contributed by atoms with Crippen molar-refractivity contribution in [3.63, 3.8) is 0 Å². The second kappa shape index (κ2) is 11.0. The number of piperidine rings is 1. The van der Waals surface area contributed by atoms with Crippen molar-refractivity contribution in [3.05, 3.63) is 83.4 Å². The van der Waals surface area contributed by atoms with Crippen LogP contribution in [0.5, 0.6) is 0 Å². The first kappa shape index (κ1) is 23.5. The molecule has 0 radical (unpaired) electrons. The summed E-state index contributed by atoms with van der Waals surface area (Å²) in [5, 5.41) is 5.17. The predicted molar refractivity (Wildman–Crippen MR) is 137 cm³/mol. The molecule has 182 valence electrons. The normalized spacial score (nSPS) is 19.0. The maximum Gasteiger partial charge on any atom is 0.254 e. The van der Waals surface area contributed by atoms with Gasteiger partial charge in [0.15, 0.2) is 0 Å². The molecule has 35 heavy (non-hydrogen) atoms. The van der Waals surface area contributed by atoms with Crippen LogP contribution in [0.4, 0.5) is 0 Å². The van der Waals surface area contributed by atoms with Crippen LogP contribution < -0.4 is 5.32 Å². The molecule has 2 aliphatic heterocycles. The SMILES string of the molecule is O=C(NCc1ccccc1CN1CCOCC1)[C@@H]1CCCN(C(=O)c2cccc3ccccc23)C1. The van der Waals surface area contributed by atoms with Crippen LogP contribution >= 0.6 is 0 Å². The zero-order valence-corrected chi connectivity index (χ0v) is 20.1. The van der Waals surface area contributed by atoms with Crippen LogP contribution in [-0.4, -0.2) is 61.0 Å². The van der Waals surface area contributed by atoms with Crippen LogP contribution in [0.2, 0.25) is 0 Å². The van der Waals surface area contributed by atoms with Gasteiger partial charge in [0.25, 0.3) is 5.91 Å². The first-order valence-electron chi connectivity index (χ1n) is 12.6. The zero-order chi connectivity index (χ0) is 24.0. The van der Waals surface area contributed by atoms with Crippen molar-refractivity contribution in [3.8, 4) is 0 Å². The van der Waals surface area contributed by atoms with E-state index in [4.69, 9.17) is 4.74 Å². The van der Waals surface area contributed by atoms with E-state index in [2.05, 4.69) is 28.4 Å². The number of ether oxygens (including phenoxy) is 1. The van der Waals surface area contributed by atoms with Gasteiger partial charge < -0.3 is 15.0 Å². The molecule has 1 N–H and O–H groups in total. The van der Waals surface area contributed by atoms with Gasteiger partial charge in [-0.25, -0.2) is 0 Å². The number of carbonyl (C=O) groups excluding carboxylic acids is 2. The van der Waals surface area contributed by atoms with Crippen LogP contribution in [-0.2, 0) is 22.6 Å². The lowest BCUT2D eigenvalue weighted by atomic mass is 9.95. The van der Waals surface area contributed by atoms with Crippen molar-refractivity contribution in [1.82, 2.24) is 15.1 Å². The highest BCUT2D eigenvalue weighted by Gasteiger charge is 2.29. The number of nitrogens with one attached hydrogen (secondary N) is 1. The Bertz CT molecular complexity index is 1180. The van der Waals surface area contributed by atoms with Crippen LogP contribution in [0.1, 0.15) is 34.3 Å². The molecule has 6 heteroatoms. The molecule has 2 fully saturated rings. The Morgan fingerprint density at radius 2 is 1.63 bits per heavy atom. The average Bonchev–Trinajstić information content (AvgIpc) is 2.92. The van der Waals surface area contributed by atoms with E-state index in [-0.39, 0.29) is 17.7 Å². The number of benzene rings is 3. The third-order valence-corrected chi connectivity index (χ3v) is 7.17. The van der Waals surface area contributed by atoms with Crippen molar-refractivity contribution in [2.75, 3.05) is 39.4 Å². The third kappa shape index (κ3) is 5.55. The van der Waals surface area contributed by atoms with Gasteiger partial charge in [0.05, 0.1) is 19.1 Å². The zero-order valence-electron chi connectivity index (χ0n) is 20.1. The van der Waals surface area contributed by atoms with E-state index in [9.17, 15) is 9.59 Å². The van der Waals surface area contributed by atoms with Gasteiger partial charge in [0.2, 0.25) is 5.91 Å². The molecule has 2 amide bonds. The molecular formula is C29H33N3O3. The quantitative estimate of drug-likeness (QED) is 0.594. The average molecular weight is 472 g/mol. The first-order valence-corrected chi connectivity index (χ1v) is 12.6. The van der Waals surface area contributed by atoms with Crippen molar-refractivity contribution in [2.45, 2.75) is 25.9 Å². The Balaban J connectivity index is 1.21. The van der Waals surface area contributed by atoms with Crippen LogP contribution in [0.25, 0.3) is 10.8 Å². The summed E-state index contributed by atoms with van der Waals surface area (Å²) in [6.07, 6.45) is 1.64. The first-order chi connectivity index (χ1) is 17.2. The Morgan fingerprint density at radius 3 is 2.49 bits per heavy atom. The molecular weight excluding hydrogens is 438 g/mol. The van der Waals surface area contributed by atoms with Gasteiger partial charge in [-0.2, -0.15) is 0 Å². The number of amides is 2. The highest BCUT2D eigenvalue weighted by Crippen LogP contribution is 2.24. The molecule has 0 aliphatic carbocycles. The minimum Gasteiger partial charge on any atom is -0.379 e. The molecule has 5 rings (SSSR count). The maximum atomic E-state index is 13.4. The lowest BCUT2D eigenvalue weighted by Gasteiger charge is -2.32. The van der Waals surface area contributed by atoms with Crippen molar-refractivity contribution >= 4 is 22.6 Å². The molecule has 2 saturated heterocycles. The number of hydrogen-bond acceptors (Lipinski definition) is 4. The lowest BCUT2D eigenvalue weighted by Crippen LogP contribution is -2.45. The standard InChI is InChI=1S/C29H33N3O3/c33-28(30-19-23-8-1-2-9-24(23)20-31-15-17-35-18-16-31)25-11-6-14-32(21-25)29(34)27-13-5-10-22-7-3-4-12-26(22)27/h1-5,7-10,12-13,25H,6,11,14-21H2,(H,30,33)/t25-/m1/s1. The molecule has 3 aromatic carbocycles. The summed E-state index contributed by atoms with van der Waals surface area (Å²) in [5.41, 5.74) is 3.10. The molecule has 2 aliphatic rings. The van der Waals surface area contributed by atoms with Crippen molar-refractivity contribution in [2.24, 2.45) is 5.92 Å². The fourth-order valence-electron chi connectivity index (χ4n) is 5.17. The molecule has 1 atom stereocenters. The second-order valence-electron chi connectivity index (χ2n) is 9.49. The van der Waals surface area contributed by atoms with Crippen LogP contribution in [0.3, 0.4) is 0 Å². The Morgan fingerprint density at radius 1 is 0.886 bits per heavy atom. The summed E-state index contributed by atoms with van der Waals surface area (Å²) in [4.78, 5) is 30.7. The van der Waals surface area contributed by atoms with Gasteiger partial charge in [0.1, 0.15) is 0 Å². The summed E-state index contributed by atoms with van der Waals surface area (Å²) < 4.78 is 5.46. The van der Waals surface area contributed by atoms with Gasteiger partial charge in [-0.3, -0.25) is 14.5 Å². The molecule has 0 saturated carbocycles. The van der Waals surface area contributed by atoms with Crippen molar-refractivity contribution < 1.29 is 14.3 Å². The second-order valence-corrected chi connectivity index (χ2v) is 9.49. The van der Waals surface area contributed by atoms with Gasteiger partial charge in [0, 0.05) is 44.8 Å². The van der Waals surface area contributed by atoms with Crippen LogP contribution in [0.15, 0.2) is 66.7 Å². The molecule has 6 nitrogen and oxygen atoms in total. The summed E-state index contributed by atoms with van der Waals surface area (Å²) >= 11 is 0. The highest BCUT2D eigenvalue weighted by molar-refractivity contribution is 6.07. The van der Waals surface area contributed by atoms with Gasteiger partial charge >= 0.3 is 0 Å². The van der Waals surface area contributed by atoms with Gasteiger partial charge in [-0.1, -0.05) is 60.7 Å². The van der Waals surface area contributed by atoms with E-state index in [1.807, 2.05) is 53.4 Å². The maximum absolute atomic E-state index is 13.4. The number of hydrogen-bond donors (Lipinski definition) is 1. The molecule has 0 spiro atoms. The van der Waals surface area contributed by atoms with E-state index >= 15 is 0 Å². The molecule has 2 heterocycles. The Labute approximate surface area is 206 Å². The topological polar surface area (TPSA) is 61.9 Å². The fraction of sp³-hybridized carbons (Fsp3) is 0.379. The third-order valence-electron chi connectivity index (χ3n) is 7.17. The van der Waals surface area contributed by atoms with E-state index in [0.29, 0.717) is 25.2 Å². The number of rotatable bonds is 6. The van der Waals surface area contributed by atoms with E-state index < -0.39 is 0 Å². The van der Waals surface area contributed by atoms with Gasteiger partial charge in [-0.15, -0.1) is 0 Å². The number of morpholine rings is 1. The smallest absolute Gasteiger partial charge is 0.254 e. The molecule has 0 unspecified atom stereocenters. The monoisotopic (exact) mass is 471 g/mol. The van der Waals surface area contributed by atoms with E-state index in [1.165, 1.54) is 5.56 Å².